The molecule has 0 atom stereocenters. The number of halogens is 1. The van der Waals surface area contributed by atoms with E-state index >= 15 is 0 Å². The molecule has 0 bridgehead atoms. The Morgan fingerprint density at radius 1 is 1.26 bits per heavy atom. The zero-order valence-electron chi connectivity index (χ0n) is 11.9. The van der Waals surface area contributed by atoms with E-state index < -0.39 is 0 Å². The molecule has 0 saturated heterocycles. The lowest BCUT2D eigenvalue weighted by Gasteiger charge is -2.02. The van der Waals surface area contributed by atoms with Crippen LogP contribution in [-0.2, 0) is 11.2 Å². The number of hydrogen-bond acceptors (Lipinski definition) is 5. The highest BCUT2D eigenvalue weighted by atomic mass is 32.1. The van der Waals surface area contributed by atoms with Crippen LogP contribution in [0.2, 0.25) is 0 Å². The molecule has 7 heteroatoms. The molecule has 3 aromatic rings. The Balaban J connectivity index is 1.66. The van der Waals surface area contributed by atoms with Gasteiger partial charge in [-0.15, -0.1) is 11.3 Å². The number of rotatable bonds is 4. The molecule has 0 unspecified atom stereocenters. The second kappa shape index (κ2) is 6.53. The van der Waals surface area contributed by atoms with Gasteiger partial charge in [-0.2, -0.15) is 0 Å². The van der Waals surface area contributed by atoms with Gasteiger partial charge in [-0.3, -0.25) is 4.79 Å². The van der Waals surface area contributed by atoms with Gasteiger partial charge < -0.3 is 10.4 Å². The molecule has 0 saturated carbocycles. The molecule has 2 N–H and O–H groups in total. The van der Waals surface area contributed by atoms with Crippen molar-refractivity contribution in [2.45, 2.75) is 6.42 Å². The molecule has 2 heterocycles. The second-order valence-corrected chi connectivity index (χ2v) is 5.65. The fourth-order valence-electron chi connectivity index (χ4n) is 1.99. The van der Waals surface area contributed by atoms with Crippen molar-refractivity contribution >= 4 is 22.4 Å². The van der Waals surface area contributed by atoms with Crippen LogP contribution < -0.4 is 5.32 Å². The minimum atomic E-state index is -0.334. The first kappa shape index (κ1) is 15.1. The summed E-state index contributed by atoms with van der Waals surface area (Å²) in [5.41, 5.74) is 2.08. The number of nitrogens with one attached hydrogen (secondary N) is 1. The standard InChI is InChI=1S/C16H12FN3O2S/c17-12-3-1-10(2-4-12)7-15(22)20-16-19-13(9-23-16)11-5-6-18-14(21)8-11/h1-6,8-9H,7H2,(H,18,21)(H,19,20,22). The van der Waals surface area contributed by atoms with Gasteiger partial charge in [-0.1, -0.05) is 12.1 Å². The summed E-state index contributed by atoms with van der Waals surface area (Å²) < 4.78 is 12.8. The average Bonchev–Trinajstić information content (AvgIpc) is 2.98. The third-order valence-electron chi connectivity index (χ3n) is 3.07. The maximum Gasteiger partial charge on any atom is 0.230 e. The summed E-state index contributed by atoms with van der Waals surface area (Å²) in [6.07, 6.45) is 1.63. The van der Waals surface area contributed by atoms with Crippen LogP contribution >= 0.6 is 11.3 Å². The fraction of sp³-hybridized carbons (Fsp3) is 0.0625. The van der Waals surface area contributed by atoms with Crippen molar-refractivity contribution in [2.75, 3.05) is 5.32 Å². The average molecular weight is 329 g/mol. The van der Waals surface area contributed by atoms with Crippen LogP contribution in [0.3, 0.4) is 0 Å². The van der Waals surface area contributed by atoms with Crippen LogP contribution in [0.15, 0.2) is 48.0 Å². The normalized spacial score (nSPS) is 10.5. The van der Waals surface area contributed by atoms with Gasteiger partial charge in [0, 0.05) is 23.2 Å². The maximum absolute atomic E-state index is 12.8. The summed E-state index contributed by atoms with van der Waals surface area (Å²) in [6.45, 7) is 0. The van der Waals surface area contributed by atoms with E-state index in [1.54, 1.807) is 23.6 Å². The number of aromatic hydroxyl groups is 1. The highest BCUT2D eigenvalue weighted by Gasteiger charge is 2.09. The first-order chi connectivity index (χ1) is 11.1. The van der Waals surface area contributed by atoms with Gasteiger partial charge in [0.15, 0.2) is 5.13 Å². The SMILES string of the molecule is O=C(Cc1ccc(F)cc1)Nc1nc(-c2ccnc(O)c2)cs1. The van der Waals surface area contributed by atoms with Crippen LogP contribution in [0, 0.1) is 5.82 Å². The molecule has 0 aliphatic rings. The number of carbonyl (C=O) groups excluding carboxylic acids is 1. The Labute approximate surface area is 135 Å². The highest BCUT2D eigenvalue weighted by Crippen LogP contribution is 2.26. The predicted molar refractivity (Wildman–Crippen MR) is 85.7 cm³/mol. The fourth-order valence-corrected chi connectivity index (χ4v) is 2.73. The van der Waals surface area contributed by atoms with Gasteiger partial charge in [0.25, 0.3) is 0 Å². The number of thiazole rings is 1. The smallest absolute Gasteiger partial charge is 0.230 e. The van der Waals surface area contributed by atoms with Gasteiger partial charge in [0.1, 0.15) is 5.82 Å². The molecule has 116 valence electrons. The molecule has 3 rings (SSSR count). The summed E-state index contributed by atoms with van der Waals surface area (Å²) >= 11 is 1.29. The van der Waals surface area contributed by atoms with Gasteiger partial charge in [0.05, 0.1) is 12.1 Å². The van der Waals surface area contributed by atoms with E-state index in [9.17, 15) is 14.3 Å². The number of anilines is 1. The number of benzene rings is 1. The quantitative estimate of drug-likeness (QED) is 0.770. The summed E-state index contributed by atoms with van der Waals surface area (Å²) in [4.78, 5) is 20.0. The van der Waals surface area contributed by atoms with Crippen molar-refractivity contribution in [1.29, 1.82) is 0 Å². The highest BCUT2D eigenvalue weighted by molar-refractivity contribution is 7.14. The number of carbonyl (C=O) groups is 1. The largest absolute Gasteiger partial charge is 0.493 e. The molecular weight excluding hydrogens is 317 g/mol. The lowest BCUT2D eigenvalue weighted by molar-refractivity contribution is -0.115. The van der Waals surface area contributed by atoms with Crippen LogP contribution in [0.4, 0.5) is 9.52 Å². The number of aromatic nitrogens is 2. The molecule has 0 aliphatic heterocycles. The number of nitrogens with zero attached hydrogens (tertiary/aromatic N) is 2. The van der Waals surface area contributed by atoms with E-state index in [0.717, 1.165) is 5.56 Å². The Morgan fingerprint density at radius 3 is 2.78 bits per heavy atom. The minimum absolute atomic E-state index is 0.0857. The zero-order valence-corrected chi connectivity index (χ0v) is 12.7. The maximum atomic E-state index is 12.8. The van der Waals surface area contributed by atoms with E-state index in [1.807, 2.05) is 0 Å². The molecule has 23 heavy (non-hydrogen) atoms. The first-order valence-corrected chi connectivity index (χ1v) is 7.63. The van der Waals surface area contributed by atoms with E-state index in [1.165, 1.54) is 35.7 Å². The summed E-state index contributed by atoms with van der Waals surface area (Å²) in [5.74, 6) is -0.646. The van der Waals surface area contributed by atoms with Gasteiger partial charge in [-0.05, 0) is 23.8 Å². The Kier molecular flexibility index (Phi) is 4.29. The van der Waals surface area contributed by atoms with Gasteiger partial charge in [-0.25, -0.2) is 14.4 Å². The molecular formula is C16H12FN3O2S. The molecule has 0 aliphatic carbocycles. The van der Waals surface area contributed by atoms with Crippen molar-refractivity contribution in [1.82, 2.24) is 9.97 Å². The monoisotopic (exact) mass is 329 g/mol. The van der Waals surface area contributed by atoms with Crippen LogP contribution in [-0.4, -0.2) is 21.0 Å². The number of hydrogen-bond donors (Lipinski definition) is 2. The first-order valence-electron chi connectivity index (χ1n) is 6.75. The number of pyridine rings is 1. The Bertz CT molecular complexity index is 833. The van der Waals surface area contributed by atoms with Crippen LogP contribution in [0.5, 0.6) is 5.88 Å². The van der Waals surface area contributed by atoms with Crippen molar-refractivity contribution < 1.29 is 14.3 Å². The molecule has 1 amide bonds. The van der Waals surface area contributed by atoms with Crippen molar-refractivity contribution in [3.05, 3.63) is 59.4 Å². The van der Waals surface area contributed by atoms with Crippen molar-refractivity contribution in [3.63, 3.8) is 0 Å². The van der Waals surface area contributed by atoms with Gasteiger partial charge >= 0.3 is 0 Å². The number of amides is 1. The molecule has 5 nitrogen and oxygen atoms in total. The van der Waals surface area contributed by atoms with Crippen LogP contribution in [0.1, 0.15) is 5.56 Å². The molecule has 0 radical (unpaired) electrons. The lowest BCUT2D eigenvalue weighted by Crippen LogP contribution is -2.14. The van der Waals surface area contributed by atoms with E-state index in [0.29, 0.717) is 16.4 Å². The van der Waals surface area contributed by atoms with Crippen molar-refractivity contribution in [2.24, 2.45) is 0 Å². The lowest BCUT2D eigenvalue weighted by atomic mass is 10.1. The van der Waals surface area contributed by atoms with E-state index in [4.69, 9.17) is 0 Å². The Morgan fingerprint density at radius 2 is 2.04 bits per heavy atom. The summed E-state index contributed by atoms with van der Waals surface area (Å²) in [7, 11) is 0. The van der Waals surface area contributed by atoms with E-state index in [2.05, 4.69) is 15.3 Å². The summed E-state index contributed by atoms with van der Waals surface area (Å²) in [5, 5.41) is 14.3. The molecule has 1 aromatic carbocycles. The molecule has 2 aromatic heterocycles. The van der Waals surface area contributed by atoms with Crippen molar-refractivity contribution in [3.8, 4) is 17.1 Å². The third kappa shape index (κ3) is 3.89. The summed E-state index contributed by atoms with van der Waals surface area (Å²) in [6, 6.07) is 9.00. The minimum Gasteiger partial charge on any atom is -0.493 e. The second-order valence-electron chi connectivity index (χ2n) is 4.79. The van der Waals surface area contributed by atoms with Crippen LogP contribution in [0.25, 0.3) is 11.3 Å². The predicted octanol–water partition coefficient (Wildman–Crippen LogP) is 3.23. The molecule has 0 spiro atoms. The topological polar surface area (TPSA) is 75.1 Å². The van der Waals surface area contributed by atoms with Gasteiger partial charge in [0.2, 0.25) is 11.8 Å². The van der Waals surface area contributed by atoms with E-state index in [-0.39, 0.29) is 24.0 Å². The molecule has 0 fully saturated rings. The zero-order chi connectivity index (χ0) is 16.2. The Hall–Kier alpha value is -2.80. The third-order valence-corrected chi connectivity index (χ3v) is 3.83.